The van der Waals surface area contributed by atoms with E-state index in [1.807, 2.05) is 77.6 Å². The quantitative estimate of drug-likeness (QED) is 0.0797. The first-order chi connectivity index (χ1) is 27.2. The molecule has 9 N–H and O–H groups in total. The van der Waals surface area contributed by atoms with Gasteiger partial charge in [0.05, 0.1) is 0 Å². The molecule has 2 aliphatic heterocycles. The lowest BCUT2D eigenvalue weighted by Crippen LogP contribution is -2.65. The number of H-pyrrole nitrogens is 1. The number of piperidine rings is 2. The number of primary amides is 1. The summed E-state index contributed by atoms with van der Waals surface area (Å²) in [7, 11) is 0. The lowest BCUT2D eigenvalue weighted by atomic mass is 9.87. The standard InChI is InChI=1S/C41H48N8O5S2/c42-40(54)41(12-16-44-17-13-41)49-39(53)32(19-25-11-18-55-24-25)47-37(51)33(21-28-23-45-31-7-3-2-6-30(28)31)48-38(52)34(46-36(50)26-9-14-43-15-10-26)22-29-20-27-5-1-4-8-35(27)56-29/h1-8,11,18,20,23-24,26,32-34,43-45H,9-10,12-17,19,21-22H2,(H2,42,54)(H,46,50)(H,47,51)(H,48,52)(H,49,53)/t32-,33+,34+/m0/s1. The third-order valence-corrected chi connectivity index (χ3v) is 12.8. The summed E-state index contributed by atoms with van der Waals surface area (Å²) in [4.78, 5) is 73.6. The minimum atomic E-state index is -1.26. The third-order valence-electron chi connectivity index (χ3n) is 10.9. The maximum atomic E-state index is 14.6. The van der Waals surface area contributed by atoms with Crippen LogP contribution in [0.4, 0.5) is 0 Å². The van der Waals surface area contributed by atoms with Crippen LogP contribution in [0.15, 0.2) is 77.6 Å². The molecule has 0 spiro atoms. The van der Waals surface area contributed by atoms with Crippen molar-refractivity contribution in [1.82, 2.24) is 36.9 Å². The van der Waals surface area contributed by atoms with Crippen LogP contribution < -0.4 is 37.6 Å². The second kappa shape index (κ2) is 17.8. The van der Waals surface area contributed by atoms with E-state index in [0.717, 1.165) is 50.1 Å². The number of thiophene rings is 2. The van der Waals surface area contributed by atoms with Crippen molar-refractivity contribution >= 4 is 73.2 Å². The van der Waals surface area contributed by atoms with Crippen LogP contribution >= 0.6 is 22.7 Å². The van der Waals surface area contributed by atoms with E-state index in [4.69, 9.17) is 5.73 Å². The van der Waals surface area contributed by atoms with E-state index in [1.54, 1.807) is 11.3 Å². The number of carbonyl (C=O) groups is 5. The van der Waals surface area contributed by atoms with Crippen LogP contribution in [-0.4, -0.2) is 84.4 Å². The zero-order valence-corrected chi connectivity index (χ0v) is 32.7. The van der Waals surface area contributed by atoms with Gasteiger partial charge in [-0.05, 0) is 103 Å². The molecule has 0 saturated carbocycles. The molecule has 5 heterocycles. The molecule has 294 valence electrons. The zero-order chi connectivity index (χ0) is 39.1. The molecule has 0 bridgehead atoms. The minimum absolute atomic E-state index is 0.100. The second-order valence-electron chi connectivity index (χ2n) is 14.7. The van der Waals surface area contributed by atoms with Gasteiger partial charge in [0.1, 0.15) is 23.7 Å². The Bertz CT molecular complexity index is 2140. The topological polar surface area (TPSA) is 199 Å². The second-order valence-corrected chi connectivity index (χ2v) is 16.7. The third kappa shape index (κ3) is 9.29. The fraction of sp³-hybridized carbons (Fsp3) is 0.390. The summed E-state index contributed by atoms with van der Waals surface area (Å²) in [5, 5.41) is 24.1. The van der Waals surface area contributed by atoms with Crippen LogP contribution in [0.2, 0.25) is 0 Å². The average molecular weight is 797 g/mol. The predicted molar refractivity (Wildman–Crippen MR) is 219 cm³/mol. The molecular formula is C41H48N8O5S2. The fourth-order valence-electron chi connectivity index (χ4n) is 7.66. The highest BCUT2D eigenvalue weighted by Crippen LogP contribution is 2.27. The Morgan fingerprint density at radius 2 is 1.46 bits per heavy atom. The molecule has 56 heavy (non-hydrogen) atoms. The maximum Gasteiger partial charge on any atom is 0.243 e. The summed E-state index contributed by atoms with van der Waals surface area (Å²) >= 11 is 3.03. The molecule has 3 aromatic heterocycles. The molecule has 0 unspecified atom stereocenters. The van der Waals surface area contributed by atoms with Gasteiger partial charge in [0.2, 0.25) is 29.5 Å². The van der Waals surface area contributed by atoms with E-state index in [1.165, 1.54) is 11.3 Å². The van der Waals surface area contributed by atoms with Gasteiger partial charge in [-0.2, -0.15) is 11.3 Å². The number of nitrogens with one attached hydrogen (secondary N) is 7. The van der Waals surface area contributed by atoms with Gasteiger partial charge in [-0.25, -0.2) is 0 Å². The van der Waals surface area contributed by atoms with Gasteiger partial charge in [-0.15, -0.1) is 11.3 Å². The van der Waals surface area contributed by atoms with Gasteiger partial charge in [-0.1, -0.05) is 36.4 Å². The molecule has 0 aliphatic carbocycles. The van der Waals surface area contributed by atoms with Crippen molar-refractivity contribution < 1.29 is 24.0 Å². The molecule has 7 rings (SSSR count). The van der Waals surface area contributed by atoms with Crippen LogP contribution in [0.3, 0.4) is 0 Å². The van der Waals surface area contributed by atoms with Crippen molar-refractivity contribution in [2.75, 3.05) is 26.2 Å². The number of para-hydroxylation sites is 1. The highest BCUT2D eigenvalue weighted by atomic mass is 32.1. The van der Waals surface area contributed by atoms with Crippen molar-refractivity contribution in [3.8, 4) is 0 Å². The number of nitrogens with two attached hydrogens (primary N) is 1. The molecule has 5 amide bonds. The van der Waals surface area contributed by atoms with E-state index >= 15 is 0 Å². The lowest BCUT2D eigenvalue weighted by molar-refractivity contribution is -0.136. The van der Waals surface area contributed by atoms with Crippen LogP contribution in [0, 0.1) is 5.92 Å². The van der Waals surface area contributed by atoms with E-state index in [2.05, 4.69) is 36.9 Å². The number of fused-ring (bicyclic) bond motifs is 2. The Morgan fingerprint density at radius 3 is 2.18 bits per heavy atom. The first-order valence-corrected chi connectivity index (χ1v) is 20.9. The van der Waals surface area contributed by atoms with Crippen molar-refractivity contribution in [2.45, 2.75) is 68.6 Å². The van der Waals surface area contributed by atoms with Gasteiger partial charge in [0.25, 0.3) is 0 Å². The van der Waals surface area contributed by atoms with Crippen molar-refractivity contribution in [2.24, 2.45) is 11.7 Å². The Morgan fingerprint density at radius 1 is 0.786 bits per heavy atom. The number of rotatable bonds is 15. The summed E-state index contributed by atoms with van der Waals surface area (Å²) < 4.78 is 1.07. The fourth-order valence-corrected chi connectivity index (χ4v) is 9.45. The number of aromatic nitrogens is 1. The van der Waals surface area contributed by atoms with E-state index in [-0.39, 0.29) is 31.1 Å². The van der Waals surface area contributed by atoms with E-state index < -0.39 is 47.3 Å². The largest absolute Gasteiger partial charge is 0.368 e. The number of carbonyl (C=O) groups excluding carboxylic acids is 5. The van der Waals surface area contributed by atoms with E-state index in [9.17, 15) is 24.0 Å². The summed E-state index contributed by atoms with van der Waals surface area (Å²) in [6.07, 6.45) is 4.26. The lowest BCUT2D eigenvalue weighted by Gasteiger charge is -2.36. The molecule has 13 nitrogen and oxygen atoms in total. The van der Waals surface area contributed by atoms with Crippen molar-refractivity contribution in [1.29, 1.82) is 0 Å². The average Bonchev–Trinajstić information content (AvgIpc) is 3.98. The molecule has 5 aromatic rings. The molecule has 15 heteroatoms. The number of benzene rings is 2. The molecule has 0 radical (unpaired) electrons. The number of amides is 5. The van der Waals surface area contributed by atoms with Gasteiger partial charge in [-0.3, -0.25) is 24.0 Å². The maximum absolute atomic E-state index is 14.6. The number of hydrogen-bond donors (Lipinski definition) is 8. The van der Waals surface area contributed by atoms with Crippen LogP contribution in [0.1, 0.15) is 41.7 Å². The summed E-state index contributed by atoms with van der Waals surface area (Å²) in [5.41, 5.74) is 7.09. The van der Waals surface area contributed by atoms with Crippen LogP contribution in [0.5, 0.6) is 0 Å². The molecular weight excluding hydrogens is 749 g/mol. The highest BCUT2D eigenvalue weighted by molar-refractivity contribution is 7.19. The summed E-state index contributed by atoms with van der Waals surface area (Å²) in [6.45, 7) is 2.44. The molecule has 2 aliphatic rings. The zero-order valence-electron chi connectivity index (χ0n) is 31.0. The first kappa shape index (κ1) is 39.2. The van der Waals surface area contributed by atoms with Gasteiger partial charge in [0, 0.05) is 51.9 Å². The monoisotopic (exact) mass is 796 g/mol. The Hall–Kier alpha value is -5.09. The SMILES string of the molecule is NC(=O)C1(NC(=O)[C@H](Cc2ccsc2)NC(=O)[C@@H](Cc2c[nH]c3ccccc23)NC(=O)[C@@H](Cc2cc3ccccc3s2)NC(=O)C2CCNCC2)CCNCC1. The Labute approximate surface area is 332 Å². The van der Waals surface area contributed by atoms with Crippen LogP contribution in [-0.2, 0) is 43.2 Å². The molecule has 3 atom stereocenters. The van der Waals surface area contributed by atoms with E-state index in [0.29, 0.717) is 38.8 Å². The van der Waals surface area contributed by atoms with Gasteiger partial charge >= 0.3 is 0 Å². The number of aromatic amines is 1. The Kier molecular flexibility index (Phi) is 12.4. The molecule has 2 fully saturated rings. The molecule has 2 aromatic carbocycles. The van der Waals surface area contributed by atoms with Crippen LogP contribution in [0.25, 0.3) is 21.0 Å². The Balaban J connectivity index is 1.17. The number of hydrogen-bond acceptors (Lipinski definition) is 9. The molecule has 2 saturated heterocycles. The smallest absolute Gasteiger partial charge is 0.243 e. The summed E-state index contributed by atoms with van der Waals surface area (Å²) in [6, 6.07) is 16.4. The first-order valence-electron chi connectivity index (χ1n) is 19.2. The normalized spacial score (nSPS) is 17.4. The van der Waals surface area contributed by atoms with Gasteiger partial charge < -0.3 is 42.6 Å². The van der Waals surface area contributed by atoms with Crippen molar-refractivity contribution in [3.63, 3.8) is 0 Å². The highest BCUT2D eigenvalue weighted by Gasteiger charge is 2.41. The minimum Gasteiger partial charge on any atom is -0.368 e. The predicted octanol–water partition coefficient (Wildman–Crippen LogP) is 2.65. The van der Waals surface area contributed by atoms with Crippen molar-refractivity contribution in [3.05, 3.63) is 93.6 Å². The van der Waals surface area contributed by atoms with Gasteiger partial charge in [0.15, 0.2) is 0 Å². The summed E-state index contributed by atoms with van der Waals surface area (Å²) in [5.74, 6) is -2.69.